The van der Waals surface area contributed by atoms with Gasteiger partial charge in [0.25, 0.3) is 0 Å². The summed E-state index contributed by atoms with van der Waals surface area (Å²) in [5, 5.41) is 2.93. The average Bonchev–Trinajstić information content (AvgIpc) is 2.43. The first-order valence-corrected chi connectivity index (χ1v) is 6.99. The molecule has 1 atom stereocenters. The number of nitrogens with one attached hydrogen (secondary N) is 1. The standard InChI is InChI=1S/C15H23N3O2/c1-11-5-6-12(16)8-14(11)17-15(19)10-18-7-3-4-13(9-18)20-2/h5-6,8,13H,3-4,7,9-10,16H2,1-2H3,(H,17,19). The first-order chi connectivity index (χ1) is 9.58. The predicted octanol–water partition coefficient (Wildman–Crippen LogP) is 1.63. The third-order valence-corrected chi connectivity index (χ3v) is 3.70. The number of carbonyl (C=O) groups is 1. The summed E-state index contributed by atoms with van der Waals surface area (Å²) in [4.78, 5) is 14.2. The van der Waals surface area contributed by atoms with Gasteiger partial charge in [0.05, 0.1) is 12.6 Å². The van der Waals surface area contributed by atoms with Crippen LogP contribution in [0.4, 0.5) is 11.4 Å². The molecule has 110 valence electrons. The van der Waals surface area contributed by atoms with Crippen molar-refractivity contribution in [2.75, 3.05) is 37.8 Å². The number of methoxy groups -OCH3 is 1. The second-order valence-electron chi connectivity index (χ2n) is 5.36. The van der Waals surface area contributed by atoms with Gasteiger partial charge in [-0.05, 0) is 44.0 Å². The van der Waals surface area contributed by atoms with Crippen LogP contribution in [0.5, 0.6) is 0 Å². The molecular formula is C15H23N3O2. The van der Waals surface area contributed by atoms with Crippen molar-refractivity contribution >= 4 is 17.3 Å². The molecule has 1 aliphatic rings. The van der Waals surface area contributed by atoms with Gasteiger partial charge in [0, 0.05) is 25.0 Å². The lowest BCUT2D eigenvalue weighted by atomic mass is 10.1. The van der Waals surface area contributed by atoms with E-state index < -0.39 is 0 Å². The lowest BCUT2D eigenvalue weighted by Crippen LogP contribution is -2.43. The van der Waals surface area contributed by atoms with E-state index in [0.29, 0.717) is 12.2 Å². The number of hydrogen-bond acceptors (Lipinski definition) is 4. The van der Waals surface area contributed by atoms with E-state index in [4.69, 9.17) is 10.5 Å². The van der Waals surface area contributed by atoms with Gasteiger partial charge in [-0.1, -0.05) is 6.07 Å². The Hall–Kier alpha value is -1.59. The smallest absolute Gasteiger partial charge is 0.238 e. The maximum Gasteiger partial charge on any atom is 0.238 e. The van der Waals surface area contributed by atoms with Crippen LogP contribution >= 0.6 is 0 Å². The molecule has 2 rings (SSSR count). The number of nitrogens with two attached hydrogens (primary N) is 1. The second-order valence-corrected chi connectivity index (χ2v) is 5.36. The van der Waals surface area contributed by atoms with Gasteiger partial charge >= 0.3 is 0 Å². The van der Waals surface area contributed by atoms with E-state index in [-0.39, 0.29) is 12.0 Å². The van der Waals surface area contributed by atoms with Gasteiger partial charge in [-0.15, -0.1) is 0 Å². The summed E-state index contributed by atoms with van der Waals surface area (Å²) in [6.07, 6.45) is 2.39. The largest absolute Gasteiger partial charge is 0.399 e. The molecule has 0 aliphatic carbocycles. The van der Waals surface area contributed by atoms with Crippen LogP contribution in [0.2, 0.25) is 0 Å². The SMILES string of the molecule is COC1CCCN(CC(=O)Nc2cc(N)ccc2C)C1. The molecule has 3 N–H and O–H groups in total. The second kappa shape index (κ2) is 6.72. The van der Waals surface area contributed by atoms with Crippen molar-refractivity contribution in [1.82, 2.24) is 4.90 Å². The highest BCUT2D eigenvalue weighted by Gasteiger charge is 2.21. The summed E-state index contributed by atoms with van der Waals surface area (Å²) < 4.78 is 5.37. The van der Waals surface area contributed by atoms with E-state index in [9.17, 15) is 4.79 Å². The van der Waals surface area contributed by atoms with Gasteiger partial charge in [0.1, 0.15) is 0 Å². The van der Waals surface area contributed by atoms with Crippen LogP contribution < -0.4 is 11.1 Å². The Kier molecular flexibility index (Phi) is 4.98. The van der Waals surface area contributed by atoms with Crippen molar-refractivity contribution in [2.24, 2.45) is 0 Å². The highest BCUT2D eigenvalue weighted by molar-refractivity contribution is 5.93. The molecule has 1 aromatic carbocycles. The Morgan fingerprint density at radius 1 is 1.55 bits per heavy atom. The Balaban J connectivity index is 1.90. The van der Waals surface area contributed by atoms with Gasteiger partial charge in [-0.3, -0.25) is 9.69 Å². The molecule has 1 saturated heterocycles. The van der Waals surface area contributed by atoms with Crippen LogP contribution in [0.3, 0.4) is 0 Å². The number of piperidine rings is 1. The Labute approximate surface area is 120 Å². The summed E-state index contributed by atoms with van der Waals surface area (Å²) >= 11 is 0. The summed E-state index contributed by atoms with van der Waals surface area (Å²) in [6, 6.07) is 5.53. The lowest BCUT2D eigenvalue weighted by Gasteiger charge is -2.31. The monoisotopic (exact) mass is 277 g/mol. The molecule has 1 aromatic rings. The molecule has 1 unspecified atom stereocenters. The Bertz CT molecular complexity index is 476. The molecule has 0 radical (unpaired) electrons. The summed E-state index contributed by atoms with van der Waals surface area (Å²) in [6.45, 7) is 4.12. The molecule has 0 saturated carbocycles. The molecule has 1 amide bonds. The van der Waals surface area contributed by atoms with E-state index in [1.807, 2.05) is 19.1 Å². The quantitative estimate of drug-likeness (QED) is 0.821. The fourth-order valence-electron chi connectivity index (χ4n) is 2.52. The van der Waals surface area contributed by atoms with Crippen molar-refractivity contribution in [2.45, 2.75) is 25.9 Å². The van der Waals surface area contributed by atoms with Crippen LogP contribution in [0.1, 0.15) is 18.4 Å². The third-order valence-electron chi connectivity index (χ3n) is 3.70. The number of rotatable bonds is 4. The van der Waals surface area contributed by atoms with Crippen LogP contribution in [0.25, 0.3) is 0 Å². The number of hydrogen-bond donors (Lipinski definition) is 2. The zero-order chi connectivity index (χ0) is 14.5. The highest BCUT2D eigenvalue weighted by atomic mass is 16.5. The molecule has 1 fully saturated rings. The van der Waals surface area contributed by atoms with E-state index in [1.54, 1.807) is 13.2 Å². The van der Waals surface area contributed by atoms with Crippen molar-refractivity contribution in [1.29, 1.82) is 0 Å². The number of ether oxygens (including phenoxy) is 1. The van der Waals surface area contributed by atoms with Gasteiger partial charge in [0.15, 0.2) is 0 Å². The van der Waals surface area contributed by atoms with E-state index in [0.717, 1.165) is 37.2 Å². The number of benzene rings is 1. The normalized spacial score (nSPS) is 19.8. The Morgan fingerprint density at radius 3 is 3.10 bits per heavy atom. The third kappa shape index (κ3) is 3.95. The number of amides is 1. The number of likely N-dealkylation sites (tertiary alicyclic amines) is 1. The number of anilines is 2. The molecule has 20 heavy (non-hydrogen) atoms. The zero-order valence-electron chi connectivity index (χ0n) is 12.2. The summed E-state index contributed by atoms with van der Waals surface area (Å²) in [7, 11) is 1.73. The fraction of sp³-hybridized carbons (Fsp3) is 0.533. The van der Waals surface area contributed by atoms with E-state index >= 15 is 0 Å². The molecule has 0 spiro atoms. The number of aryl methyl sites for hydroxylation is 1. The average molecular weight is 277 g/mol. The molecule has 0 bridgehead atoms. The van der Waals surface area contributed by atoms with Crippen molar-refractivity contribution in [3.63, 3.8) is 0 Å². The molecular weight excluding hydrogens is 254 g/mol. The number of nitrogen functional groups attached to an aromatic ring is 1. The first-order valence-electron chi connectivity index (χ1n) is 6.99. The highest BCUT2D eigenvalue weighted by Crippen LogP contribution is 2.18. The van der Waals surface area contributed by atoms with Gasteiger partial charge in [-0.2, -0.15) is 0 Å². The minimum atomic E-state index is -0.00421. The van der Waals surface area contributed by atoms with Crippen molar-refractivity contribution in [3.05, 3.63) is 23.8 Å². The van der Waals surface area contributed by atoms with Gasteiger partial charge in [-0.25, -0.2) is 0 Å². The Morgan fingerprint density at radius 2 is 2.35 bits per heavy atom. The fourth-order valence-corrected chi connectivity index (χ4v) is 2.52. The van der Waals surface area contributed by atoms with E-state index in [2.05, 4.69) is 10.2 Å². The molecule has 5 nitrogen and oxygen atoms in total. The minimum absolute atomic E-state index is 0.00421. The predicted molar refractivity (Wildman–Crippen MR) is 80.7 cm³/mol. The molecule has 0 aromatic heterocycles. The van der Waals surface area contributed by atoms with Gasteiger partial charge < -0.3 is 15.8 Å². The van der Waals surface area contributed by atoms with Crippen molar-refractivity contribution < 1.29 is 9.53 Å². The molecule has 1 heterocycles. The first kappa shape index (κ1) is 14.8. The van der Waals surface area contributed by atoms with Crippen molar-refractivity contribution in [3.8, 4) is 0 Å². The number of carbonyl (C=O) groups excluding carboxylic acids is 1. The maximum atomic E-state index is 12.1. The van der Waals surface area contributed by atoms with Crippen LogP contribution in [0.15, 0.2) is 18.2 Å². The van der Waals surface area contributed by atoms with Crippen LogP contribution in [0, 0.1) is 6.92 Å². The van der Waals surface area contributed by atoms with Crippen LogP contribution in [-0.2, 0) is 9.53 Å². The van der Waals surface area contributed by atoms with Gasteiger partial charge in [0.2, 0.25) is 5.91 Å². The lowest BCUT2D eigenvalue weighted by molar-refractivity contribution is -0.118. The maximum absolute atomic E-state index is 12.1. The van der Waals surface area contributed by atoms with Crippen LogP contribution in [-0.4, -0.2) is 43.7 Å². The minimum Gasteiger partial charge on any atom is -0.399 e. The zero-order valence-corrected chi connectivity index (χ0v) is 12.2. The summed E-state index contributed by atoms with van der Waals surface area (Å²) in [5.41, 5.74) is 8.20. The number of nitrogens with zero attached hydrogens (tertiary/aromatic N) is 1. The topological polar surface area (TPSA) is 67.6 Å². The summed E-state index contributed by atoms with van der Waals surface area (Å²) in [5.74, 6) is -0.00421. The van der Waals surface area contributed by atoms with E-state index in [1.165, 1.54) is 0 Å². The molecule has 1 aliphatic heterocycles. The molecule has 5 heteroatoms.